The van der Waals surface area contributed by atoms with E-state index in [-0.39, 0.29) is 30.9 Å². The van der Waals surface area contributed by atoms with E-state index >= 15 is 0 Å². The van der Waals surface area contributed by atoms with Gasteiger partial charge in [0, 0.05) is 26.2 Å². The lowest BCUT2D eigenvalue weighted by Crippen LogP contribution is -2.58. The minimum atomic E-state index is -1.10. The highest BCUT2D eigenvalue weighted by molar-refractivity contribution is 5.98. The second kappa shape index (κ2) is 10.9. The lowest BCUT2D eigenvalue weighted by molar-refractivity contribution is -0.162. The molecule has 0 aromatic heterocycles. The Morgan fingerprint density at radius 1 is 1.22 bits per heavy atom. The van der Waals surface area contributed by atoms with Gasteiger partial charge in [0.25, 0.3) is 0 Å². The molecule has 1 spiro atoms. The Kier molecular flexibility index (Phi) is 8.29. The molecule has 0 aromatic carbocycles. The Morgan fingerprint density at radius 3 is 2.56 bits per heavy atom. The van der Waals surface area contributed by atoms with Crippen LogP contribution in [-0.4, -0.2) is 109 Å². The maximum atomic E-state index is 14.1. The van der Waals surface area contributed by atoms with Crippen LogP contribution in [-0.2, 0) is 28.6 Å². The molecule has 4 fully saturated rings. The van der Waals surface area contributed by atoms with Crippen LogP contribution in [0, 0.1) is 17.8 Å². The summed E-state index contributed by atoms with van der Waals surface area (Å²) < 4.78 is 17.5. The third-order valence-corrected chi connectivity index (χ3v) is 8.59. The molecule has 2 N–H and O–H groups in total. The SMILES string of the molecule is CCOC(=O)[C@@H]1[C@H]2C(=O)N([C@@H](CO)CC(C)C)C(C(=O)NCCN3CCOCC3)C23CC[C@@]1(CC)O3. The van der Waals surface area contributed by atoms with E-state index in [0.717, 1.165) is 13.1 Å². The van der Waals surface area contributed by atoms with E-state index in [4.69, 9.17) is 14.2 Å². The first-order valence-corrected chi connectivity index (χ1v) is 13.6. The molecular formula is C26H43N3O7. The van der Waals surface area contributed by atoms with Crippen LogP contribution in [0.1, 0.15) is 53.4 Å². The van der Waals surface area contributed by atoms with E-state index in [1.54, 1.807) is 11.8 Å². The molecule has 0 aromatic rings. The van der Waals surface area contributed by atoms with Crippen LogP contribution in [0.4, 0.5) is 0 Å². The number of morpholine rings is 1. The predicted octanol–water partition coefficient (Wildman–Crippen LogP) is 0.560. The second-order valence-corrected chi connectivity index (χ2v) is 11.0. The van der Waals surface area contributed by atoms with E-state index in [0.29, 0.717) is 52.0 Å². The number of aliphatic hydroxyl groups is 1. The van der Waals surface area contributed by atoms with Crippen molar-refractivity contribution >= 4 is 17.8 Å². The summed E-state index contributed by atoms with van der Waals surface area (Å²) in [6.07, 6.45) is 2.22. The van der Waals surface area contributed by atoms with E-state index < -0.39 is 41.1 Å². The number of amides is 2. The monoisotopic (exact) mass is 509 g/mol. The number of ether oxygens (including phenoxy) is 3. The smallest absolute Gasteiger partial charge is 0.312 e. The van der Waals surface area contributed by atoms with E-state index in [1.165, 1.54) is 0 Å². The summed E-state index contributed by atoms with van der Waals surface area (Å²) in [6.45, 7) is 11.8. The fourth-order valence-electron chi connectivity index (χ4n) is 7.02. The first-order chi connectivity index (χ1) is 17.2. The predicted molar refractivity (Wildman–Crippen MR) is 131 cm³/mol. The highest BCUT2D eigenvalue weighted by Crippen LogP contribution is 2.64. The van der Waals surface area contributed by atoms with Gasteiger partial charge in [-0.05, 0) is 38.5 Å². The highest BCUT2D eigenvalue weighted by atomic mass is 16.6. The van der Waals surface area contributed by atoms with Crippen molar-refractivity contribution in [3.8, 4) is 0 Å². The van der Waals surface area contributed by atoms with Crippen molar-refractivity contribution in [1.82, 2.24) is 15.1 Å². The van der Waals surface area contributed by atoms with Crippen LogP contribution in [0.2, 0.25) is 0 Å². The zero-order valence-electron chi connectivity index (χ0n) is 22.2. The van der Waals surface area contributed by atoms with Crippen LogP contribution >= 0.6 is 0 Å². The zero-order chi connectivity index (χ0) is 26.1. The normalized spacial score (nSPS) is 34.8. The Morgan fingerprint density at radius 2 is 1.94 bits per heavy atom. The molecule has 204 valence electrons. The summed E-state index contributed by atoms with van der Waals surface area (Å²) in [4.78, 5) is 44.9. The minimum absolute atomic E-state index is 0.206. The molecule has 4 aliphatic heterocycles. The van der Waals surface area contributed by atoms with Gasteiger partial charge in [0.05, 0.1) is 44.0 Å². The van der Waals surface area contributed by atoms with Crippen molar-refractivity contribution in [1.29, 1.82) is 0 Å². The van der Waals surface area contributed by atoms with Crippen LogP contribution in [0.5, 0.6) is 0 Å². The Bertz CT molecular complexity index is 832. The number of nitrogens with one attached hydrogen (secondary N) is 1. The topological polar surface area (TPSA) is 118 Å². The van der Waals surface area contributed by atoms with Crippen LogP contribution in [0.15, 0.2) is 0 Å². The Hall–Kier alpha value is -1.75. The average molecular weight is 510 g/mol. The van der Waals surface area contributed by atoms with Crippen molar-refractivity contribution in [3.63, 3.8) is 0 Å². The van der Waals surface area contributed by atoms with Crippen LogP contribution in [0.25, 0.3) is 0 Å². The fourth-order valence-corrected chi connectivity index (χ4v) is 7.02. The van der Waals surface area contributed by atoms with Gasteiger partial charge in [-0.25, -0.2) is 0 Å². The molecule has 4 heterocycles. The van der Waals surface area contributed by atoms with Crippen molar-refractivity contribution in [2.75, 3.05) is 52.6 Å². The molecule has 0 aliphatic carbocycles. The van der Waals surface area contributed by atoms with Crippen molar-refractivity contribution in [2.24, 2.45) is 17.8 Å². The first-order valence-electron chi connectivity index (χ1n) is 13.6. The molecule has 2 amide bonds. The number of fused-ring (bicyclic) bond motifs is 1. The minimum Gasteiger partial charge on any atom is -0.466 e. The summed E-state index contributed by atoms with van der Waals surface area (Å²) in [5, 5.41) is 13.4. The van der Waals surface area contributed by atoms with Crippen LogP contribution in [0.3, 0.4) is 0 Å². The summed E-state index contributed by atoms with van der Waals surface area (Å²) in [7, 11) is 0. The van der Waals surface area contributed by atoms with Crippen molar-refractivity contribution in [3.05, 3.63) is 0 Å². The van der Waals surface area contributed by atoms with Crippen molar-refractivity contribution < 1.29 is 33.7 Å². The summed E-state index contributed by atoms with van der Waals surface area (Å²) >= 11 is 0. The van der Waals surface area contributed by atoms with E-state index in [2.05, 4.69) is 10.2 Å². The molecule has 10 nitrogen and oxygen atoms in total. The van der Waals surface area contributed by atoms with Gasteiger partial charge < -0.3 is 29.5 Å². The molecule has 10 heteroatoms. The van der Waals surface area contributed by atoms with Gasteiger partial charge in [-0.15, -0.1) is 0 Å². The quantitative estimate of drug-likeness (QED) is 0.388. The molecule has 4 saturated heterocycles. The number of nitrogens with zero attached hydrogens (tertiary/aromatic N) is 2. The summed E-state index contributed by atoms with van der Waals surface area (Å²) in [5.74, 6) is -2.33. The molecular weight excluding hydrogens is 466 g/mol. The molecule has 2 unspecified atom stereocenters. The highest BCUT2D eigenvalue weighted by Gasteiger charge is 2.79. The van der Waals surface area contributed by atoms with Gasteiger partial charge in [-0.2, -0.15) is 0 Å². The molecule has 6 atom stereocenters. The largest absolute Gasteiger partial charge is 0.466 e. The third kappa shape index (κ3) is 4.54. The Balaban J connectivity index is 1.65. The molecule has 4 aliphatic rings. The van der Waals surface area contributed by atoms with E-state index in [9.17, 15) is 19.5 Å². The average Bonchev–Trinajstić information content (AvgIpc) is 3.47. The van der Waals surface area contributed by atoms with Gasteiger partial charge in [0.2, 0.25) is 11.8 Å². The number of esters is 1. The summed E-state index contributed by atoms with van der Waals surface area (Å²) in [5.41, 5.74) is -1.91. The van der Waals surface area contributed by atoms with Gasteiger partial charge in [-0.3, -0.25) is 19.3 Å². The van der Waals surface area contributed by atoms with Gasteiger partial charge >= 0.3 is 5.97 Å². The molecule has 4 rings (SSSR count). The number of rotatable bonds is 11. The number of likely N-dealkylation sites (tertiary alicyclic amines) is 1. The standard InChI is InChI=1S/C26H43N3O7/c1-5-25-7-8-26(36-25)19(20(25)24(33)35-6-2)23(32)29(18(16-30)15-17(3)4)21(26)22(31)27-9-10-28-11-13-34-14-12-28/h17-21,30H,5-16H2,1-4H3,(H,27,31)/t18-,19+,20+,21?,25-,26?/m1/s1. The molecule has 2 bridgehead atoms. The molecule has 36 heavy (non-hydrogen) atoms. The lowest BCUT2D eigenvalue weighted by atomic mass is 9.65. The number of hydrogen-bond acceptors (Lipinski definition) is 8. The van der Waals surface area contributed by atoms with Gasteiger partial charge in [0.15, 0.2) is 0 Å². The number of carbonyl (C=O) groups excluding carboxylic acids is 3. The number of hydrogen-bond donors (Lipinski definition) is 2. The molecule has 0 saturated carbocycles. The second-order valence-electron chi connectivity index (χ2n) is 11.0. The number of carbonyl (C=O) groups is 3. The van der Waals surface area contributed by atoms with Gasteiger partial charge in [-0.1, -0.05) is 20.8 Å². The maximum Gasteiger partial charge on any atom is 0.312 e. The third-order valence-electron chi connectivity index (χ3n) is 8.59. The van der Waals surface area contributed by atoms with Crippen LogP contribution < -0.4 is 5.32 Å². The molecule has 0 radical (unpaired) electrons. The maximum absolute atomic E-state index is 14.1. The Labute approximate surface area is 214 Å². The van der Waals surface area contributed by atoms with E-state index in [1.807, 2.05) is 20.8 Å². The van der Waals surface area contributed by atoms with Gasteiger partial charge in [0.1, 0.15) is 17.6 Å². The first kappa shape index (κ1) is 27.3. The summed E-state index contributed by atoms with van der Waals surface area (Å²) in [6, 6.07) is -1.43. The zero-order valence-corrected chi connectivity index (χ0v) is 22.2. The lowest BCUT2D eigenvalue weighted by Gasteiger charge is -2.38. The van der Waals surface area contributed by atoms with Crippen molar-refractivity contribution in [2.45, 2.75) is 76.7 Å². The fraction of sp³-hybridized carbons (Fsp3) is 0.885. The number of aliphatic hydroxyl groups excluding tert-OH is 1.